The lowest BCUT2D eigenvalue weighted by molar-refractivity contribution is -0.114. The van der Waals surface area contributed by atoms with Crippen molar-refractivity contribution in [2.45, 2.75) is 27.2 Å². The average molecular weight is 192 g/mol. The lowest BCUT2D eigenvalue weighted by Gasteiger charge is -2.06. The maximum Gasteiger partial charge on any atom is 0.221 e. The second-order valence-corrected chi connectivity index (χ2v) is 3.86. The molecule has 1 aromatic rings. The number of amides is 1. The Kier molecular flexibility index (Phi) is 3.63. The van der Waals surface area contributed by atoms with Crippen LogP contribution in [-0.2, 0) is 11.2 Å². The van der Waals surface area contributed by atoms with E-state index in [1.54, 1.807) is 6.20 Å². The Morgan fingerprint density at radius 3 is 2.79 bits per heavy atom. The molecule has 3 nitrogen and oxygen atoms in total. The summed E-state index contributed by atoms with van der Waals surface area (Å²) in [5, 5.41) is 2.72. The molecule has 0 aromatic carbocycles. The van der Waals surface area contributed by atoms with Gasteiger partial charge in [-0.25, -0.2) is 0 Å². The fourth-order valence-electron chi connectivity index (χ4n) is 1.34. The number of carbonyl (C=O) groups excluding carboxylic acids is 1. The third kappa shape index (κ3) is 3.56. The molecule has 0 fully saturated rings. The van der Waals surface area contributed by atoms with Gasteiger partial charge in [-0.2, -0.15) is 0 Å². The standard InChI is InChI=1S/C11H16N2O/c1-8(2)4-10-5-11(7-12-6-10)13-9(3)14/h5-8H,4H2,1-3H3,(H,13,14). The molecule has 0 saturated carbocycles. The van der Waals surface area contributed by atoms with Gasteiger partial charge >= 0.3 is 0 Å². The van der Waals surface area contributed by atoms with E-state index in [4.69, 9.17) is 0 Å². The van der Waals surface area contributed by atoms with Crippen molar-refractivity contribution in [3.8, 4) is 0 Å². The average Bonchev–Trinajstić information content (AvgIpc) is 2.01. The minimum absolute atomic E-state index is 0.0616. The van der Waals surface area contributed by atoms with E-state index in [-0.39, 0.29) is 5.91 Å². The number of nitrogens with one attached hydrogen (secondary N) is 1. The van der Waals surface area contributed by atoms with Crippen LogP contribution in [0.15, 0.2) is 18.5 Å². The minimum Gasteiger partial charge on any atom is -0.325 e. The lowest BCUT2D eigenvalue weighted by atomic mass is 10.0. The van der Waals surface area contributed by atoms with Gasteiger partial charge in [-0.05, 0) is 24.0 Å². The van der Waals surface area contributed by atoms with Gasteiger partial charge in [-0.1, -0.05) is 13.8 Å². The van der Waals surface area contributed by atoms with Crippen LogP contribution in [0, 0.1) is 5.92 Å². The van der Waals surface area contributed by atoms with Crippen LogP contribution in [0.3, 0.4) is 0 Å². The summed E-state index contributed by atoms with van der Waals surface area (Å²) in [6, 6.07) is 1.97. The number of anilines is 1. The van der Waals surface area contributed by atoms with Crippen LogP contribution in [0.4, 0.5) is 5.69 Å². The molecule has 0 atom stereocenters. The van der Waals surface area contributed by atoms with Crippen LogP contribution in [-0.4, -0.2) is 10.9 Å². The van der Waals surface area contributed by atoms with Gasteiger partial charge < -0.3 is 5.32 Å². The largest absolute Gasteiger partial charge is 0.325 e. The molecule has 1 N–H and O–H groups in total. The second-order valence-electron chi connectivity index (χ2n) is 3.86. The predicted octanol–water partition coefficient (Wildman–Crippen LogP) is 2.24. The number of rotatable bonds is 3. The summed E-state index contributed by atoms with van der Waals surface area (Å²) in [6.07, 6.45) is 4.48. The van der Waals surface area contributed by atoms with Gasteiger partial charge in [-0.3, -0.25) is 9.78 Å². The van der Waals surface area contributed by atoms with Gasteiger partial charge in [0.2, 0.25) is 5.91 Å². The Balaban J connectivity index is 2.73. The number of pyridine rings is 1. The number of nitrogens with zero attached hydrogens (tertiary/aromatic N) is 1. The summed E-state index contributed by atoms with van der Waals surface area (Å²) in [5.74, 6) is 0.540. The van der Waals surface area contributed by atoms with E-state index in [1.807, 2.05) is 12.3 Å². The molecule has 0 aliphatic carbocycles. The molecule has 1 rings (SSSR count). The Labute approximate surface area is 84.6 Å². The molecule has 14 heavy (non-hydrogen) atoms. The summed E-state index contributed by atoms with van der Waals surface area (Å²) >= 11 is 0. The third-order valence-corrected chi connectivity index (χ3v) is 1.76. The topological polar surface area (TPSA) is 42.0 Å². The Hall–Kier alpha value is -1.38. The van der Waals surface area contributed by atoms with Gasteiger partial charge in [0.15, 0.2) is 0 Å². The van der Waals surface area contributed by atoms with Crippen molar-refractivity contribution < 1.29 is 4.79 Å². The molecule has 0 saturated heterocycles. The lowest BCUT2D eigenvalue weighted by Crippen LogP contribution is -2.06. The highest BCUT2D eigenvalue weighted by Gasteiger charge is 2.00. The van der Waals surface area contributed by atoms with E-state index in [0.717, 1.165) is 17.7 Å². The zero-order valence-corrected chi connectivity index (χ0v) is 8.87. The first-order valence-corrected chi connectivity index (χ1v) is 4.79. The first-order chi connectivity index (χ1) is 6.58. The predicted molar refractivity (Wildman–Crippen MR) is 57.1 cm³/mol. The molecule has 76 valence electrons. The van der Waals surface area contributed by atoms with Crippen LogP contribution in [0.1, 0.15) is 26.3 Å². The van der Waals surface area contributed by atoms with Crippen molar-refractivity contribution in [2.24, 2.45) is 5.92 Å². The zero-order valence-electron chi connectivity index (χ0n) is 8.87. The van der Waals surface area contributed by atoms with Crippen LogP contribution >= 0.6 is 0 Å². The van der Waals surface area contributed by atoms with Gasteiger partial charge in [0.05, 0.1) is 11.9 Å². The molecule has 1 heterocycles. The molecule has 3 heteroatoms. The zero-order chi connectivity index (χ0) is 10.6. The van der Waals surface area contributed by atoms with Crippen LogP contribution in [0.2, 0.25) is 0 Å². The smallest absolute Gasteiger partial charge is 0.221 e. The van der Waals surface area contributed by atoms with Gasteiger partial charge in [0, 0.05) is 13.1 Å². The van der Waals surface area contributed by atoms with Gasteiger partial charge in [0.1, 0.15) is 0 Å². The van der Waals surface area contributed by atoms with E-state index < -0.39 is 0 Å². The quantitative estimate of drug-likeness (QED) is 0.798. The highest BCUT2D eigenvalue weighted by molar-refractivity contribution is 5.88. The number of hydrogen-bond acceptors (Lipinski definition) is 2. The van der Waals surface area contributed by atoms with Gasteiger partial charge in [0.25, 0.3) is 0 Å². The molecule has 1 aromatic heterocycles. The normalized spacial score (nSPS) is 10.3. The van der Waals surface area contributed by atoms with Crippen LogP contribution in [0.25, 0.3) is 0 Å². The Morgan fingerprint density at radius 2 is 2.21 bits per heavy atom. The summed E-state index contributed by atoms with van der Waals surface area (Å²) in [7, 11) is 0. The summed E-state index contributed by atoms with van der Waals surface area (Å²) in [4.78, 5) is 14.9. The number of aromatic nitrogens is 1. The maximum atomic E-state index is 10.8. The molecule has 0 aliphatic rings. The SMILES string of the molecule is CC(=O)Nc1cncc(CC(C)C)c1. The fourth-order valence-corrected chi connectivity index (χ4v) is 1.34. The Bertz CT molecular complexity index is 321. The van der Waals surface area contributed by atoms with Crippen molar-refractivity contribution in [1.29, 1.82) is 0 Å². The first kappa shape index (κ1) is 10.7. The summed E-state index contributed by atoms with van der Waals surface area (Å²) < 4.78 is 0. The maximum absolute atomic E-state index is 10.8. The molecule has 0 unspecified atom stereocenters. The van der Waals surface area contributed by atoms with Gasteiger partial charge in [-0.15, -0.1) is 0 Å². The fraction of sp³-hybridized carbons (Fsp3) is 0.455. The van der Waals surface area contributed by atoms with Crippen molar-refractivity contribution in [1.82, 2.24) is 4.98 Å². The van der Waals surface area contributed by atoms with E-state index >= 15 is 0 Å². The van der Waals surface area contributed by atoms with Crippen molar-refractivity contribution >= 4 is 11.6 Å². The highest BCUT2D eigenvalue weighted by atomic mass is 16.1. The molecular formula is C11H16N2O. The van der Waals surface area contributed by atoms with E-state index in [9.17, 15) is 4.79 Å². The van der Waals surface area contributed by atoms with Crippen molar-refractivity contribution in [2.75, 3.05) is 5.32 Å². The molecule has 1 amide bonds. The van der Waals surface area contributed by atoms with Crippen molar-refractivity contribution in [3.05, 3.63) is 24.0 Å². The molecule has 0 radical (unpaired) electrons. The summed E-state index contributed by atoms with van der Waals surface area (Å²) in [5.41, 5.74) is 1.93. The molecule has 0 bridgehead atoms. The van der Waals surface area contributed by atoms with Crippen LogP contribution < -0.4 is 5.32 Å². The molecular weight excluding hydrogens is 176 g/mol. The monoisotopic (exact) mass is 192 g/mol. The minimum atomic E-state index is -0.0616. The number of carbonyl (C=O) groups is 1. The number of hydrogen-bond donors (Lipinski definition) is 1. The van der Waals surface area contributed by atoms with E-state index in [0.29, 0.717) is 5.92 Å². The Morgan fingerprint density at radius 1 is 1.50 bits per heavy atom. The molecule has 0 spiro atoms. The second kappa shape index (κ2) is 4.74. The summed E-state index contributed by atoms with van der Waals surface area (Å²) in [6.45, 7) is 5.81. The highest BCUT2D eigenvalue weighted by Crippen LogP contribution is 2.12. The third-order valence-electron chi connectivity index (χ3n) is 1.76. The van der Waals surface area contributed by atoms with Crippen molar-refractivity contribution in [3.63, 3.8) is 0 Å². The molecule has 0 aliphatic heterocycles. The van der Waals surface area contributed by atoms with E-state index in [1.165, 1.54) is 6.92 Å². The van der Waals surface area contributed by atoms with E-state index in [2.05, 4.69) is 24.1 Å². The first-order valence-electron chi connectivity index (χ1n) is 4.79. The van der Waals surface area contributed by atoms with Crippen LogP contribution in [0.5, 0.6) is 0 Å².